The van der Waals surface area contributed by atoms with E-state index < -0.39 is 4.92 Å². The van der Waals surface area contributed by atoms with Crippen LogP contribution in [0.2, 0.25) is 0 Å². The molecule has 0 amide bonds. The summed E-state index contributed by atoms with van der Waals surface area (Å²) >= 11 is 0. The third kappa shape index (κ3) is 3.71. The van der Waals surface area contributed by atoms with Crippen molar-refractivity contribution in [1.82, 2.24) is 15.0 Å². The van der Waals surface area contributed by atoms with Gasteiger partial charge in [-0.15, -0.1) is 0 Å². The molecule has 0 aliphatic rings. The Hall–Kier alpha value is -4.06. The highest BCUT2D eigenvalue weighted by Gasteiger charge is 2.21. The Bertz CT molecular complexity index is 1080. The Morgan fingerprint density at radius 2 is 1.96 bits per heavy atom. The quantitative estimate of drug-likeness (QED) is 0.486. The maximum atomic E-state index is 11.4. The standard InChI is InChI=1S/C19H15N5O4/c1-11-6-17(27-3)22-12(2)18(11)28-19-16(24(25)26)5-4-15(23-19)14-7-13(8-20)9-21-10-14/h4-7,9-10H,1-3H3. The molecule has 0 radical (unpaired) electrons. The third-order valence-electron chi connectivity index (χ3n) is 3.91. The average Bonchev–Trinajstić information content (AvgIpc) is 2.70. The van der Waals surface area contributed by atoms with Crippen molar-refractivity contribution in [3.8, 4) is 34.8 Å². The van der Waals surface area contributed by atoms with Crippen LogP contribution in [0.5, 0.6) is 17.5 Å². The molecule has 0 N–H and O–H groups in total. The van der Waals surface area contributed by atoms with Crippen LogP contribution in [-0.4, -0.2) is 27.0 Å². The summed E-state index contributed by atoms with van der Waals surface area (Å²) < 4.78 is 10.9. The van der Waals surface area contributed by atoms with Crippen molar-refractivity contribution >= 4 is 5.69 Å². The molecule has 0 saturated carbocycles. The molecule has 0 aromatic carbocycles. The maximum Gasteiger partial charge on any atom is 0.331 e. The summed E-state index contributed by atoms with van der Waals surface area (Å²) in [7, 11) is 1.50. The van der Waals surface area contributed by atoms with Crippen LogP contribution in [0.4, 0.5) is 5.69 Å². The zero-order chi connectivity index (χ0) is 20.3. The van der Waals surface area contributed by atoms with Gasteiger partial charge in [0.25, 0.3) is 5.88 Å². The highest BCUT2D eigenvalue weighted by Crippen LogP contribution is 2.35. The van der Waals surface area contributed by atoms with Gasteiger partial charge in [-0.3, -0.25) is 15.1 Å². The first-order valence-electron chi connectivity index (χ1n) is 8.14. The molecule has 0 spiro atoms. The van der Waals surface area contributed by atoms with Crippen LogP contribution in [0.1, 0.15) is 16.8 Å². The van der Waals surface area contributed by atoms with E-state index in [1.807, 2.05) is 6.07 Å². The van der Waals surface area contributed by atoms with E-state index in [0.29, 0.717) is 39.7 Å². The van der Waals surface area contributed by atoms with Gasteiger partial charge in [0.1, 0.15) is 6.07 Å². The highest BCUT2D eigenvalue weighted by molar-refractivity contribution is 5.63. The molecule has 3 heterocycles. The van der Waals surface area contributed by atoms with E-state index in [0.717, 1.165) is 0 Å². The molecular weight excluding hydrogens is 362 g/mol. The lowest BCUT2D eigenvalue weighted by molar-refractivity contribution is -0.386. The molecular formula is C19H15N5O4. The van der Waals surface area contributed by atoms with Gasteiger partial charge in [0, 0.05) is 30.1 Å². The van der Waals surface area contributed by atoms with Crippen molar-refractivity contribution in [2.24, 2.45) is 0 Å². The summed E-state index contributed by atoms with van der Waals surface area (Å²) in [6.45, 7) is 3.49. The molecule has 0 aliphatic heterocycles. The smallest absolute Gasteiger partial charge is 0.331 e. The molecule has 0 saturated heterocycles. The Morgan fingerprint density at radius 1 is 1.18 bits per heavy atom. The summed E-state index contributed by atoms with van der Waals surface area (Å²) in [6.07, 6.45) is 2.94. The van der Waals surface area contributed by atoms with Crippen molar-refractivity contribution in [3.63, 3.8) is 0 Å². The first kappa shape index (κ1) is 18.7. The van der Waals surface area contributed by atoms with E-state index in [2.05, 4.69) is 15.0 Å². The first-order valence-corrected chi connectivity index (χ1v) is 8.14. The zero-order valence-corrected chi connectivity index (χ0v) is 15.3. The van der Waals surface area contributed by atoms with Gasteiger partial charge in [-0.25, -0.2) is 9.97 Å². The largest absolute Gasteiger partial charge is 0.481 e. The number of methoxy groups -OCH3 is 1. The second-order valence-electron chi connectivity index (χ2n) is 5.85. The summed E-state index contributed by atoms with van der Waals surface area (Å²) in [5.74, 6) is 0.596. The molecule has 0 unspecified atom stereocenters. The third-order valence-corrected chi connectivity index (χ3v) is 3.91. The van der Waals surface area contributed by atoms with Crippen LogP contribution < -0.4 is 9.47 Å². The molecule has 140 valence electrons. The van der Waals surface area contributed by atoms with Crippen LogP contribution >= 0.6 is 0 Å². The van der Waals surface area contributed by atoms with E-state index in [1.165, 1.54) is 31.6 Å². The first-order chi connectivity index (χ1) is 13.4. The summed E-state index contributed by atoms with van der Waals surface area (Å²) in [5.41, 5.74) is 2.20. The maximum absolute atomic E-state index is 11.4. The molecule has 3 rings (SSSR count). The second kappa shape index (κ2) is 7.67. The number of pyridine rings is 3. The van der Waals surface area contributed by atoms with Crippen molar-refractivity contribution < 1.29 is 14.4 Å². The monoisotopic (exact) mass is 377 g/mol. The van der Waals surface area contributed by atoms with Gasteiger partial charge in [0.15, 0.2) is 5.75 Å². The number of hydrogen-bond acceptors (Lipinski definition) is 8. The summed E-state index contributed by atoms with van der Waals surface area (Å²) in [5, 5.41) is 20.5. The van der Waals surface area contributed by atoms with Crippen LogP contribution in [-0.2, 0) is 0 Å². The number of nitro groups is 1. The number of ether oxygens (including phenoxy) is 2. The fourth-order valence-electron chi connectivity index (χ4n) is 2.59. The molecule has 9 nitrogen and oxygen atoms in total. The number of aryl methyl sites for hydroxylation is 2. The van der Waals surface area contributed by atoms with Gasteiger partial charge in [-0.1, -0.05) is 0 Å². The van der Waals surface area contributed by atoms with Crippen molar-refractivity contribution in [3.05, 3.63) is 63.6 Å². The molecule has 0 fully saturated rings. The van der Waals surface area contributed by atoms with Crippen LogP contribution in [0, 0.1) is 35.3 Å². The second-order valence-corrected chi connectivity index (χ2v) is 5.85. The normalized spacial score (nSPS) is 10.2. The topological polar surface area (TPSA) is 124 Å². The minimum atomic E-state index is -0.572. The van der Waals surface area contributed by atoms with E-state index in [9.17, 15) is 10.1 Å². The molecule has 3 aromatic heterocycles. The van der Waals surface area contributed by atoms with Gasteiger partial charge < -0.3 is 9.47 Å². The van der Waals surface area contributed by atoms with Gasteiger partial charge >= 0.3 is 5.69 Å². The Morgan fingerprint density at radius 3 is 2.61 bits per heavy atom. The minimum Gasteiger partial charge on any atom is -0.481 e. The average molecular weight is 377 g/mol. The predicted molar refractivity (Wildman–Crippen MR) is 99.2 cm³/mol. The predicted octanol–water partition coefficient (Wildman–Crippen LogP) is 3.74. The van der Waals surface area contributed by atoms with Gasteiger partial charge in [0.05, 0.1) is 29.0 Å². The number of rotatable bonds is 5. The molecule has 28 heavy (non-hydrogen) atoms. The lowest BCUT2D eigenvalue weighted by Crippen LogP contribution is -2.01. The van der Waals surface area contributed by atoms with Crippen LogP contribution in [0.15, 0.2) is 36.7 Å². The number of aromatic nitrogens is 3. The Labute approximate surface area is 160 Å². The molecule has 0 atom stereocenters. The lowest BCUT2D eigenvalue weighted by atomic mass is 10.1. The van der Waals surface area contributed by atoms with Crippen LogP contribution in [0.3, 0.4) is 0 Å². The zero-order valence-electron chi connectivity index (χ0n) is 15.3. The van der Waals surface area contributed by atoms with Gasteiger partial charge in [-0.2, -0.15) is 5.26 Å². The lowest BCUT2D eigenvalue weighted by Gasteiger charge is -2.12. The van der Waals surface area contributed by atoms with E-state index in [-0.39, 0.29) is 11.6 Å². The van der Waals surface area contributed by atoms with Crippen molar-refractivity contribution in [1.29, 1.82) is 5.26 Å². The number of nitriles is 1. The fraction of sp³-hybridized carbons (Fsp3) is 0.158. The van der Waals surface area contributed by atoms with Gasteiger partial charge in [-0.05, 0) is 31.5 Å². The molecule has 9 heteroatoms. The van der Waals surface area contributed by atoms with E-state index >= 15 is 0 Å². The Balaban J connectivity index is 2.09. The summed E-state index contributed by atoms with van der Waals surface area (Å²) in [4.78, 5) is 23.4. The van der Waals surface area contributed by atoms with Crippen molar-refractivity contribution in [2.45, 2.75) is 13.8 Å². The number of nitrogens with zero attached hydrogens (tertiary/aromatic N) is 5. The fourth-order valence-corrected chi connectivity index (χ4v) is 2.59. The highest BCUT2D eigenvalue weighted by atomic mass is 16.6. The summed E-state index contributed by atoms with van der Waals surface area (Å²) in [6, 6.07) is 8.04. The van der Waals surface area contributed by atoms with Gasteiger partial charge in [0.2, 0.25) is 5.88 Å². The number of hydrogen-bond donors (Lipinski definition) is 0. The molecule has 3 aromatic rings. The van der Waals surface area contributed by atoms with Crippen molar-refractivity contribution in [2.75, 3.05) is 7.11 Å². The van der Waals surface area contributed by atoms with E-state index in [4.69, 9.17) is 14.7 Å². The molecule has 0 bridgehead atoms. The Kier molecular flexibility index (Phi) is 5.13. The minimum absolute atomic E-state index is 0.178. The van der Waals surface area contributed by atoms with E-state index in [1.54, 1.807) is 26.0 Å². The SMILES string of the molecule is COc1cc(C)c(Oc2nc(-c3cncc(C#N)c3)ccc2[N+](=O)[O-])c(C)n1. The van der Waals surface area contributed by atoms with Crippen LogP contribution in [0.25, 0.3) is 11.3 Å². The molecule has 0 aliphatic carbocycles.